The largest absolute Gasteiger partial charge is 0.481 e. The molecule has 6 nitrogen and oxygen atoms in total. The van der Waals surface area contributed by atoms with E-state index >= 15 is 0 Å². The van der Waals surface area contributed by atoms with Gasteiger partial charge in [-0.05, 0) is 67.7 Å². The minimum Gasteiger partial charge on any atom is -0.481 e. The van der Waals surface area contributed by atoms with E-state index < -0.39 is 5.97 Å². The number of piperidine rings is 1. The summed E-state index contributed by atoms with van der Waals surface area (Å²) in [5.74, 6) is -0.982. The molecule has 1 aliphatic heterocycles. The SMILES string of the molecule is CCC(C(=O)N1CCC(C(=O)O)CC1)c1c(C)nc(CC(C)C)c(CN)c1-c1ccc(C)cc1. The zero-order valence-electron chi connectivity index (χ0n) is 21.2. The maximum absolute atomic E-state index is 13.8. The van der Waals surface area contributed by atoms with E-state index in [0.717, 1.165) is 40.1 Å². The molecule has 2 heterocycles. The topological polar surface area (TPSA) is 96.5 Å². The van der Waals surface area contributed by atoms with E-state index in [-0.39, 0.29) is 17.7 Å². The van der Waals surface area contributed by atoms with E-state index in [1.807, 2.05) is 18.7 Å². The molecule has 0 aliphatic carbocycles. The Balaban J connectivity index is 2.12. The molecule has 0 bridgehead atoms. The van der Waals surface area contributed by atoms with Crippen LogP contribution < -0.4 is 5.73 Å². The molecule has 34 heavy (non-hydrogen) atoms. The Kier molecular flexibility index (Phi) is 8.47. The molecule has 2 aromatic rings. The van der Waals surface area contributed by atoms with Crippen LogP contribution >= 0.6 is 0 Å². The molecule has 1 unspecified atom stereocenters. The van der Waals surface area contributed by atoms with Crippen molar-refractivity contribution in [2.45, 2.75) is 72.8 Å². The maximum atomic E-state index is 13.8. The van der Waals surface area contributed by atoms with Crippen LogP contribution in [0.3, 0.4) is 0 Å². The summed E-state index contributed by atoms with van der Waals surface area (Å²) in [6.45, 7) is 11.8. The third kappa shape index (κ3) is 5.49. The summed E-state index contributed by atoms with van der Waals surface area (Å²) in [6, 6.07) is 8.41. The number of carbonyl (C=O) groups is 2. The summed E-state index contributed by atoms with van der Waals surface area (Å²) in [7, 11) is 0. The van der Waals surface area contributed by atoms with Gasteiger partial charge in [-0.15, -0.1) is 0 Å². The predicted octanol–water partition coefficient (Wildman–Crippen LogP) is 4.84. The lowest BCUT2D eigenvalue weighted by atomic mass is 9.82. The number of amides is 1. The quantitative estimate of drug-likeness (QED) is 0.581. The number of benzene rings is 1. The molecule has 3 rings (SSSR count). The van der Waals surface area contributed by atoms with Crippen molar-refractivity contribution in [2.75, 3.05) is 13.1 Å². The van der Waals surface area contributed by atoms with Gasteiger partial charge in [0.2, 0.25) is 5.91 Å². The van der Waals surface area contributed by atoms with Crippen molar-refractivity contribution >= 4 is 11.9 Å². The molecule has 1 aliphatic rings. The zero-order chi connectivity index (χ0) is 25.0. The standard InChI is InChI=1S/C28H39N3O3/c1-6-22(27(32)31-13-11-21(12-14-31)28(33)34)25-19(5)30-24(15-17(2)3)23(16-29)26(25)20-9-7-18(4)8-10-20/h7-10,17,21-22H,6,11-16,29H2,1-5H3,(H,33,34). The van der Waals surface area contributed by atoms with Gasteiger partial charge in [-0.1, -0.05) is 50.6 Å². The molecule has 1 fully saturated rings. The van der Waals surface area contributed by atoms with Crippen molar-refractivity contribution in [1.82, 2.24) is 9.88 Å². The first kappa shape index (κ1) is 25.9. The number of nitrogens with zero attached hydrogens (tertiary/aromatic N) is 2. The molecule has 3 N–H and O–H groups in total. The van der Waals surface area contributed by atoms with Crippen LogP contribution in [-0.4, -0.2) is 40.0 Å². The van der Waals surface area contributed by atoms with Crippen molar-refractivity contribution in [3.8, 4) is 11.1 Å². The van der Waals surface area contributed by atoms with E-state index in [1.54, 1.807) is 0 Å². The molecule has 184 valence electrons. The van der Waals surface area contributed by atoms with E-state index in [0.29, 0.717) is 44.8 Å². The first-order valence-electron chi connectivity index (χ1n) is 12.5. The number of aromatic nitrogens is 1. The fourth-order valence-corrected chi connectivity index (χ4v) is 5.14. The van der Waals surface area contributed by atoms with Crippen molar-refractivity contribution in [2.24, 2.45) is 17.6 Å². The molecule has 0 radical (unpaired) electrons. The number of likely N-dealkylation sites (tertiary alicyclic amines) is 1. The predicted molar refractivity (Wildman–Crippen MR) is 136 cm³/mol. The number of carbonyl (C=O) groups excluding carboxylic acids is 1. The Bertz CT molecular complexity index is 1020. The number of aryl methyl sites for hydroxylation is 2. The van der Waals surface area contributed by atoms with Gasteiger partial charge < -0.3 is 15.7 Å². The smallest absolute Gasteiger partial charge is 0.306 e. The summed E-state index contributed by atoms with van der Waals surface area (Å²) in [5, 5.41) is 9.34. The van der Waals surface area contributed by atoms with Crippen molar-refractivity contribution in [3.63, 3.8) is 0 Å². The summed E-state index contributed by atoms with van der Waals surface area (Å²) in [6.07, 6.45) is 2.48. The maximum Gasteiger partial charge on any atom is 0.306 e. The average molecular weight is 466 g/mol. The van der Waals surface area contributed by atoms with Gasteiger partial charge in [0.15, 0.2) is 0 Å². The number of hydrogen-bond donors (Lipinski definition) is 2. The number of carboxylic acid groups (broad SMARTS) is 1. The minimum absolute atomic E-state index is 0.0594. The van der Waals surface area contributed by atoms with Gasteiger partial charge in [0, 0.05) is 31.0 Å². The van der Waals surface area contributed by atoms with Crippen LogP contribution in [0.5, 0.6) is 0 Å². The number of aliphatic carboxylic acids is 1. The highest BCUT2D eigenvalue weighted by atomic mass is 16.4. The zero-order valence-corrected chi connectivity index (χ0v) is 21.2. The second-order valence-electron chi connectivity index (χ2n) is 9.98. The Morgan fingerprint density at radius 1 is 1.15 bits per heavy atom. The molecule has 1 atom stereocenters. The van der Waals surface area contributed by atoms with Crippen LogP contribution in [0.2, 0.25) is 0 Å². The first-order valence-corrected chi connectivity index (χ1v) is 12.5. The van der Waals surface area contributed by atoms with Crippen molar-refractivity contribution in [3.05, 3.63) is 52.3 Å². The van der Waals surface area contributed by atoms with Gasteiger partial charge in [0.1, 0.15) is 0 Å². The normalized spacial score (nSPS) is 15.6. The van der Waals surface area contributed by atoms with Crippen LogP contribution in [-0.2, 0) is 22.6 Å². The van der Waals surface area contributed by atoms with Crippen LogP contribution in [0.1, 0.15) is 74.0 Å². The van der Waals surface area contributed by atoms with Gasteiger partial charge in [0.25, 0.3) is 0 Å². The van der Waals surface area contributed by atoms with E-state index in [9.17, 15) is 14.7 Å². The highest BCUT2D eigenvalue weighted by Gasteiger charge is 2.34. The number of carboxylic acids is 1. The molecule has 1 aromatic heterocycles. The van der Waals surface area contributed by atoms with Crippen molar-refractivity contribution < 1.29 is 14.7 Å². The Morgan fingerprint density at radius 3 is 2.26 bits per heavy atom. The third-order valence-electron chi connectivity index (χ3n) is 6.97. The molecule has 1 aromatic carbocycles. The Hall–Kier alpha value is -2.73. The van der Waals surface area contributed by atoms with E-state index in [4.69, 9.17) is 10.7 Å². The number of nitrogens with two attached hydrogens (primary N) is 1. The molecule has 0 spiro atoms. The second-order valence-corrected chi connectivity index (χ2v) is 9.98. The van der Waals surface area contributed by atoms with E-state index in [2.05, 4.69) is 45.0 Å². The molecular formula is C28H39N3O3. The summed E-state index contributed by atoms with van der Waals surface area (Å²) in [4.78, 5) is 32.0. The third-order valence-corrected chi connectivity index (χ3v) is 6.97. The highest BCUT2D eigenvalue weighted by molar-refractivity contribution is 5.88. The highest BCUT2D eigenvalue weighted by Crippen LogP contribution is 2.39. The van der Waals surface area contributed by atoms with Gasteiger partial charge in [-0.3, -0.25) is 14.6 Å². The number of rotatable bonds is 8. The summed E-state index contributed by atoms with van der Waals surface area (Å²) in [5.41, 5.74) is 13.5. The molecule has 0 saturated carbocycles. The molecule has 6 heteroatoms. The summed E-state index contributed by atoms with van der Waals surface area (Å²) >= 11 is 0. The molecular weight excluding hydrogens is 426 g/mol. The lowest BCUT2D eigenvalue weighted by Gasteiger charge is -2.34. The van der Waals surface area contributed by atoms with Gasteiger partial charge in [-0.2, -0.15) is 0 Å². The fraction of sp³-hybridized carbons (Fsp3) is 0.536. The van der Waals surface area contributed by atoms with Crippen LogP contribution in [0.25, 0.3) is 11.1 Å². The van der Waals surface area contributed by atoms with E-state index in [1.165, 1.54) is 5.56 Å². The average Bonchev–Trinajstić information content (AvgIpc) is 2.80. The van der Waals surface area contributed by atoms with Gasteiger partial charge >= 0.3 is 5.97 Å². The first-order chi connectivity index (χ1) is 16.2. The van der Waals surface area contributed by atoms with Crippen molar-refractivity contribution in [1.29, 1.82) is 0 Å². The molecule has 1 amide bonds. The lowest BCUT2D eigenvalue weighted by molar-refractivity contribution is -0.146. The monoisotopic (exact) mass is 465 g/mol. The minimum atomic E-state index is -0.769. The lowest BCUT2D eigenvalue weighted by Crippen LogP contribution is -2.42. The summed E-state index contributed by atoms with van der Waals surface area (Å²) < 4.78 is 0. The Morgan fingerprint density at radius 2 is 1.76 bits per heavy atom. The van der Waals surface area contributed by atoms with Gasteiger partial charge in [-0.25, -0.2) is 0 Å². The van der Waals surface area contributed by atoms with Crippen LogP contribution in [0.4, 0.5) is 0 Å². The second kappa shape index (κ2) is 11.1. The van der Waals surface area contributed by atoms with Crippen LogP contribution in [0.15, 0.2) is 24.3 Å². The Labute approximate surface area is 203 Å². The number of pyridine rings is 1. The fourth-order valence-electron chi connectivity index (χ4n) is 5.14. The molecule has 1 saturated heterocycles. The number of hydrogen-bond acceptors (Lipinski definition) is 4. The van der Waals surface area contributed by atoms with Crippen LogP contribution in [0, 0.1) is 25.7 Å². The van der Waals surface area contributed by atoms with Gasteiger partial charge in [0.05, 0.1) is 11.8 Å².